The second kappa shape index (κ2) is 3.22. The minimum absolute atomic E-state index is 0.789. The van der Waals surface area contributed by atoms with Gasteiger partial charge in [0.15, 0.2) is 5.16 Å². The SMILES string of the molecule is c1cnc(SC2CCC2)nc1. The van der Waals surface area contributed by atoms with Crippen LogP contribution in [-0.2, 0) is 0 Å². The molecule has 0 radical (unpaired) electrons. The fourth-order valence-corrected chi connectivity index (χ4v) is 2.09. The zero-order valence-electron chi connectivity index (χ0n) is 6.23. The molecule has 0 atom stereocenters. The van der Waals surface area contributed by atoms with Gasteiger partial charge in [-0.05, 0) is 18.9 Å². The molecule has 1 aliphatic rings. The predicted molar refractivity (Wildman–Crippen MR) is 45.5 cm³/mol. The lowest BCUT2D eigenvalue weighted by atomic mass is 10.0. The summed E-state index contributed by atoms with van der Waals surface area (Å²) in [6.45, 7) is 0. The number of rotatable bonds is 2. The summed E-state index contributed by atoms with van der Waals surface area (Å²) in [5.74, 6) is 0. The molecule has 0 N–H and O–H groups in total. The second-order valence-electron chi connectivity index (χ2n) is 2.70. The molecule has 1 heterocycles. The first-order valence-corrected chi connectivity index (χ1v) is 4.77. The van der Waals surface area contributed by atoms with Crippen molar-refractivity contribution in [1.82, 2.24) is 9.97 Å². The Morgan fingerprint density at radius 3 is 2.55 bits per heavy atom. The highest BCUT2D eigenvalue weighted by molar-refractivity contribution is 7.99. The molecule has 0 unspecified atom stereocenters. The van der Waals surface area contributed by atoms with Crippen molar-refractivity contribution in [3.05, 3.63) is 18.5 Å². The smallest absolute Gasteiger partial charge is 0.187 e. The monoisotopic (exact) mass is 166 g/mol. The van der Waals surface area contributed by atoms with Crippen LogP contribution in [0.2, 0.25) is 0 Å². The molecule has 0 aromatic carbocycles. The molecular weight excluding hydrogens is 156 g/mol. The van der Waals surface area contributed by atoms with Gasteiger partial charge in [-0.2, -0.15) is 0 Å². The van der Waals surface area contributed by atoms with Gasteiger partial charge in [0.05, 0.1) is 0 Å². The van der Waals surface area contributed by atoms with Crippen LogP contribution < -0.4 is 0 Å². The molecule has 0 amide bonds. The molecule has 0 bridgehead atoms. The van der Waals surface area contributed by atoms with Crippen molar-refractivity contribution in [2.75, 3.05) is 0 Å². The molecule has 11 heavy (non-hydrogen) atoms. The average Bonchev–Trinajstić information content (AvgIpc) is 1.99. The zero-order chi connectivity index (χ0) is 7.52. The molecule has 0 spiro atoms. The van der Waals surface area contributed by atoms with Gasteiger partial charge in [-0.1, -0.05) is 18.2 Å². The van der Waals surface area contributed by atoms with E-state index in [0.29, 0.717) is 0 Å². The Balaban J connectivity index is 1.95. The molecule has 0 aliphatic heterocycles. The van der Waals surface area contributed by atoms with Crippen molar-refractivity contribution < 1.29 is 0 Å². The third-order valence-electron chi connectivity index (χ3n) is 1.87. The highest BCUT2D eigenvalue weighted by atomic mass is 32.2. The van der Waals surface area contributed by atoms with Crippen molar-refractivity contribution in [3.63, 3.8) is 0 Å². The maximum absolute atomic E-state index is 4.15. The Bertz CT molecular complexity index is 221. The highest BCUT2D eigenvalue weighted by Gasteiger charge is 2.19. The fraction of sp³-hybridized carbons (Fsp3) is 0.500. The van der Waals surface area contributed by atoms with Gasteiger partial charge in [0.2, 0.25) is 0 Å². The Kier molecular flexibility index (Phi) is 2.08. The second-order valence-corrected chi connectivity index (χ2v) is 3.97. The summed E-state index contributed by atoms with van der Waals surface area (Å²) in [6.07, 6.45) is 7.65. The number of nitrogens with zero attached hydrogens (tertiary/aromatic N) is 2. The fourth-order valence-electron chi connectivity index (χ4n) is 0.984. The van der Waals surface area contributed by atoms with E-state index < -0.39 is 0 Å². The molecule has 1 aromatic rings. The molecule has 2 nitrogen and oxygen atoms in total. The van der Waals surface area contributed by atoms with Crippen LogP contribution >= 0.6 is 11.8 Å². The number of hydrogen-bond acceptors (Lipinski definition) is 3. The molecule has 1 fully saturated rings. The van der Waals surface area contributed by atoms with Gasteiger partial charge in [0.25, 0.3) is 0 Å². The minimum Gasteiger partial charge on any atom is -0.231 e. The lowest BCUT2D eigenvalue weighted by Gasteiger charge is -2.23. The summed E-state index contributed by atoms with van der Waals surface area (Å²) in [5.41, 5.74) is 0. The molecule has 1 aromatic heterocycles. The van der Waals surface area contributed by atoms with E-state index in [2.05, 4.69) is 9.97 Å². The van der Waals surface area contributed by atoms with Crippen LogP contribution in [0.3, 0.4) is 0 Å². The average molecular weight is 166 g/mol. The first-order valence-electron chi connectivity index (χ1n) is 3.89. The number of hydrogen-bond donors (Lipinski definition) is 0. The summed E-state index contributed by atoms with van der Waals surface area (Å²) in [5, 5.41) is 1.72. The normalized spacial score (nSPS) is 17.8. The maximum Gasteiger partial charge on any atom is 0.187 e. The Labute approximate surface area is 70.4 Å². The Morgan fingerprint density at radius 2 is 2.00 bits per heavy atom. The van der Waals surface area contributed by atoms with E-state index in [4.69, 9.17) is 0 Å². The quantitative estimate of drug-likeness (QED) is 0.629. The van der Waals surface area contributed by atoms with Gasteiger partial charge >= 0.3 is 0 Å². The highest BCUT2D eigenvalue weighted by Crippen LogP contribution is 2.34. The van der Waals surface area contributed by atoms with Crippen LogP contribution in [0.1, 0.15) is 19.3 Å². The van der Waals surface area contributed by atoms with E-state index in [9.17, 15) is 0 Å². The van der Waals surface area contributed by atoms with Gasteiger partial charge in [-0.3, -0.25) is 0 Å². The van der Waals surface area contributed by atoms with Crippen LogP contribution in [0, 0.1) is 0 Å². The summed E-state index contributed by atoms with van der Waals surface area (Å²) in [6, 6.07) is 1.85. The largest absolute Gasteiger partial charge is 0.231 e. The minimum atomic E-state index is 0.789. The lowest BCUT2D eigenvalue weighted by molar-refractivity contribution is 0.521. The van der Waals surface area contributed by atoms with Crippen LogP contribution in [0.4, 0.5) is 0 Å². The summed E-state index contributed by atoms with van der Waals surface area (Å²) in [7, 11) is 0. The molecule has 0 saturated heterocycles. The van der Waals surface area contributed by atoms with E-state index in [0.717, 1.165) is 10.4 Å². The number of thioether (sulfide) groups is 1. The van der Waals surface area contributed by atoms with E-state index in [1.807, 2.05) is 17.8 Å². The Hall–Kier alpha value is -0.570. The summed E-state index contributed by atoms with van der Waals surface area (Å²) in [4.78, 5) is 8.30. The molecule has 1 saturated carbocycles. The maximum atomic E-state index is 4.15. The molecular formula is C8H10N2S. The van der Waals surface area contributed by atoms with Crippen LogP contribution in [-0.4, -0.2) is 15.2 Å². The first-order chi connectivity index (χ1) is 5.45. The van der Waals surface area contributed by atoms with Gasteiger partial charge in [-0.25, -0.2) is 9.97 Å². The van der Waals surface area contributed by atoms with E-state index >= 15 is 0 Å². The molecule has 1 aliphatic carbocycles. The van der Waals surface area contributed by atoms with Crippen molar-refractivity contribution in [1.29, 1.82) is 0 Å². The van der Waals surface area contributed by atoms with Crippen molar-refractivity contribution >= 4 is 11.8 Å². The third-order valence-corrected chi connectivity index (χ3v) is 3.09. The van der Waals surface area contributed by atoms with E-state index in [1.54, 1.807) is 12.4 Å². The third kappa shape index (κ3) is 1.71. The predicted octanol–water partition coefficient (Wildman–Crippen LogP) is 2.12. The molecule has 58 valence electrons. The molecule has 2 rings (SSSR count). The standard InChI is InChI=1S/C8H10N2S/c1-3-7(4-1)11-8-9-5-2-6-10-8/h2,5-7H,1,3-4H2. The lowest BCUT2D eigenvalue weighted by Crippen LogP contribution is -2.13. The van der Waals surface area contributed by atoms with Gasteiger partial charge in [0.1, 0.15) is 0 Å². The van der Waals surface area contributed by atoms with E-state index in [-0.39, 0.29) is 0 Å². The molecule has 3 heteroatoms. The van der Waals surface area contributed by atoms with Crippen LogP contribution in [0.25, 0.3) is 0 Å². The topological polar surface area (TPSA) is 25.8 Å². The van der Waals surface area contributed by atoms with E-state index in [1.165, 1.54) is 19.3 Å². The van der Waals surface area contributed by atoms with Gasteiger partial charge in [-0.15, -0.1) is 0 Å². The number of aromatic nitrogens is 2. The summed E-state index contributed by atoms with van der Waals surface area (Å²) >= 11 is 1.81. The van der Waals surface area contributed by atoms with Crippen LogP contribution in [0.5, 0.6) is 0 Å². The van der Waals surface area contributed by atoms with Crippen LogP contribution in [0.15, 0.2) is 23.6 Å². The Morgan fingerprint density at radius 1 is 1.27 bits per heavy atom. The first kappa shape index (κ1) is 7.10. The van der Waals surface area contributed by atoms with Gasteiger partial charge < -0.3 is 0 Å². The van der Waals surface area contributed by atoms with Crippen molar-refractivity contribution in [2.45, 2.75) is 29.7 Å². The zero-order valence-corrected chi connectivity index (χ0v) is 7.05. The van der Waals surface area contributed by atoms with Crippen molar-refractivity contribution in [3.8, 4) is 0 Å². The van der Waals surface area contributed by atoms with Crippen molar-refractivity contribution in [2.24, 2.45) is 0 Å². The van der Waals surface area contributed by atoms with Gasteiger partial charge in [0, 0.05) is 17.6 Å². The summed E-state index contributed by atoms with van der Waals surface area (Å²) < 4.78 is 0.